The number of thioether (sulfide) groups is 1. The van der Waals surface area contributed by atoms with Crippen LogP contribution in [0.2, 0.25) is 0 Å². The number of anilines is 1. The van der Waals surface area contributed by atoms with E-state index in [1.807, 2.05) is 37.3 Å². The lowest BCUT2D eigenvalue weighted by atomic mass is 10.3. The highest BCUT2D eigenvalue weighted by molar-refractivity contribution is 7.98. The van der Waals surface area contributed by atoms with Gasteiger partial charge in [0, 0.05) is 10.6 Å². The number of methoxy groups -OCH3 is 1. The number of ether oxygens (including phenoxy) is 1. The monoisotopic (exact) mass is 249 g/mol. The normalized spacial score (nSPS) is 10.5. The van der Waals surface area contributed by atoms with E-state index in [1.165, 1.54) is 0 Å². The number of nitrogen functional groups attached to an aromatic ring is 1. The van der Waals surface area contributed by atoms with Crippen molar-refractivity contribution in [1.29, 1.82) is 0 Å². The first-order valence-electron chi connectivity index (χ1n) is 5.30. The van der Waals surface area contributed by atoms with E-state index in [0.717, 1.165) is 33.6 Å². The molecule has 3 nitrogen and oxygen atoms in total. The Morgan fingerprint density at radius 1 is 1.29 bits per heavy atom. The zero-order chi connectivity index (χ0) is 12.3. The summed E-state index contributed by atoms with van der Waals surface area (Å²) < 4.78 is 10.7. The van der Waals surface area contributed by atoms with Crippen molar-refractivity contribution < 1.29 is 9.15 Å². The van der Waals surface area contributed by atoms with Gasteiger partial charge in [-0.2, -0.15) is 0 Å². The summed E-state index contributed by atoms with van der Waals surface area (Å²) >= 11 is 1.64. The van der Waals surface area contributed by atoms with Crippen LogP contribution in [0.25, 0.3) is 0 Å². The van der Waals surface area contributed by atoms with Gasteiger partial charge in [0.05, 0.1) is 12.9 Å². The molecule has 1 heterocycles. The maximum atomic E-state index is 5.91. The number of hydrogen-bond acceptors (Lipinski definition) is 4. The van der Waals surface area contributed by atoms with Gasteiger partial charge in [-0.25, -0.2) is 0 Å². The summed E-state index contributed by atoms with van der Waals surface area (Å²) in [6.07, 6.45) is 0. The summed E-state index contributed by atoms with van der Waals surface area (Å²) in [4.78, 5) is 1.01. The Bertz CT molecular complexity index is 508. The molecule has 0 fully saturated rings. The summed E-state index contributed by atoms with van der Waals surface area (Å²) in [6, 6.07) is 9.60. The van der Waals surface area contributed by atoms with Crippen molar-refractivity contribution in [3.05, 3.63) is 41.9 Å². The zero-order valence-electron chi connectivity index (χ0n) is 9.90. The molecule has 0 radical (unpaired) electrons. The van der Waals surface area contributed by atoms with E-state index in [1.54, 1.807) is 18.9 Å². The van der Waals surface area contributed by atoms with Crippen molar-refractivity contribution in [3.63, 3.8) is 0 Å². The molecule has 17 heavy (non-hydrogen) atoms. The second-order valence-corrected chi connectivity index (χ2v) is 4.72. The van der Waals surface area contributed by atoms with Crippen LogP contribution in [0.5, 0.6) is 5.75 Å². The highest BCUT2D eigenvalue weighted by Crippen LogP contribution is 2.31. The van der Waals surface area contributed by atoms with Crippen LogP contribution in [0.3, 0.4) is 0 Å². The summed E-state index contributed by atoms with van der Waals surface area (Å²) in [6.45, 7) is 1.94. The van der Waals surface area contributed by atoms with Gasteiger partial charge in [-0.15, -0.1) is 11.8 Å². The minimum atomic E-state index is 0.763. The molecule has 0 unspecified atom stereocenters. The van der Waals surface area contributed by atoms with Gasteiger partial charge in [0.2, 0.25) is 0 Å². The fourth-order valence-corrected chi connectivity index (χ4v) is 2.37. The summed E-state index contributed by atoms with van der Waals surface area (Å²) in [7, 11) is 1.65. The number of rotatable bonds is 4. The van der Waals surface area contributed by atoms with E-state index >= 15 is 0 Å². The fourth-order valence-electron chi connectivity index (χ4n) is 1.48. The third kappa shape index (κ3) is 2.97. The summed E-state index contributed by atoms with van der Waals surface area (Å²) in [5.74, 6) is 3.47. The highest BCUT2D eigenvalue weighted by Gasteiger charge is 2.05. The molecule has 0 saturated heterocycles. The van der Waals surface area contributed by atoms with Crippen LogP contribution in [-0.2, 0) is 5.75 Å². The number of furan rings is 1. The van der Waals surface area contributed by atoms with Gasteiger partial charge in [0.1, 0.15) is 17.3 Å². The minimum Gasteiger partial charge on any atom is -0.497 e. The molecule has 0 aliphatic rings. The van der Waals surface area contributed by atoms with Gasteiger partial charge in [0.25, 0.3) is 0 Å². The van der Waals surface area contributed by atoms with Crippen LogP contribution in [0.15, 0.2) is 39.6 Å². The molecule has 90 valence electrons. The van der Waals surface area contributed by atoms with Crippen LogP contribution in [0, 0.1) is 6.92 Å². The predicted molar refractivity (Wildman–Crippen MR) is 70.4 cm³/mol. The first kappa shape index (κ1) is 11.9. The Morgan fingerprint density at radius 2 is 2.12 bits per heavy atom. The molecule has 4 heteroatoms. The van der Waals surface area contributed by atoms with Gasteiger partial charge in [-0.05, 0) is 37.3 Å². The average molecular weight is 249 g/mol. The first-order valence-corrected chi connectivity index (χ1v) is 6.29. The van der Waals surface area contributed by atoms with Crippen LogP contribution in [0.1, 0.15) is 11.5 Å². The van der Waals surface area contributed by atoms with E-state index in [-0.39, 0.29) is 0 Å². The highest BCUT2D eigenvalue weighted by atomic mass is 32.2. The van der Waals surface area contributed by atoms with Gasteiger partial charge in [0.15, 0.2) is 0 Å². The second-order valence-electron chi connectivity index (χ2n) is 3.70. The fraction of sp³-hybridized carbons (Fsp3) is 0.231. The molecule has 0 saturated carbocycles. The first-order chi connectivity index (χ1) is 8.19. The molecule has 0 aliphatic heterocycles. The molecule has 2 N–H and O–H groups in total. The molecular formula is C13H15NO2S. The van der Waals surface area contributed by atoms with Crippen molar-refractivity contribution in [3.8, 4) is 5.75 Å². The maximum absolute atomic E-state index is 5.91. The van der Waals surface area contributed by atoms with Crippen molar-refractivity contribution in [2.75, 3.05) is 12.8 Å². The molecule has 0 aliphatic carbocycles. The van der Waals surface area contributed by atoms with E-state index in [4.69, 9.17) is 14.9 Å². The topological polar surface area (TPSA) is 48.4 Å². The molecule has 2 rings (SSSR count). The van der Waals surface area contributed by atoms with Crippen molar-refractivity contribution in [1.82, 2.24) is 0 Å². The number of benzene rings is 1. The van der Waals surface area contributed by atoms with Gasteiger partial charge in [-0.3, -0.25) is 0 Å². The Balaban J connectivity index is 2.07. The smallest absolute Gasteiger partial charge is 0.120 e. The molecule has 0 amide bonds. The Hall–Kier alpha value is -1.55. The average Bonchev–Trinajstić information content (AvgIpc) is 2.74. The van der Waals surface area contributed by atoms with Crippen LogP contribution in [-0.4, -0.2) is 7.11 Å². The van der Waals surface area contributed by atoms with Crippen LogP contribution < -0.4 is 10.5 Å². The quantitative estimate of drug-likeness (QED) is 0.665. The lowest BCUT2D eigenvalue weighted by molar-refractivity contribution is 0.414. The molecule has 0 atom stereocenters. The summed E-state index contributed by atoms with van der Waals surface area (Å²) in [5.41, 5.74) is 6.67. The van der Waals surface area contributed by atoms with Gasteiger partial charge >= 0.3 is 0 Å². The van der Waals surface area contributed by atoms with E-state index in [0.29, 0.717) is 0 Å². The molecule has 0 bridgehead atoms. The summed E-state index contributed by atoms with van der Waals surface area (Å²) in [5, 5.41) is 0. The third-order valence-corrected chi connectivity index (χ3v) is 3.48. The van der Waals surface area contributed by atoms with Crippen LogP contribution >= 0.6 is 11.8 Å². The van der Waals surface area contributed by atoms with E-state index < -0.39 is 0 Å². The lowest BCUT2D eigenvalue weighted by Crippen LogP contribution is -1.90. The van der Waals surface area contributed by atoms with Gasteiger partial charge < -0.3 is 14.9 Å². The predicted octanol–water partition coefficient (Wildman–Crippen LogP) is 3.47. The molecular weight excluding hydrogens is 234 g/mol. The molecule has 2 aromatic rings. The standard InChI is InChI=1S/C13H15NO2S/c1-9-3-4-11(16-9)8-17-13-7-10(15-2)5-6-12(13)14/h3-7H,8,14H2,1-2H3. The minimum absolute atomic E-state index is 0.763. The van der Waals surface area contributed by atoms with Crippen LogP contribution in [0.4, 0.5) is 5.69 Å². The van der Waals surface area contributed by atoms with Crippen molar-refractivity contribution >= 4 is 17.4 Å². The number of nitrogens with two attached hydrogens (primary N) is 1. The maximum Gasteiger partial charge on any atom is 0.120 e. The Morgan fingerprint density at radius 3 is 2.76 bits per heavy atom. The van der Waals surface area contributed by atoms with Crippen molar-refractivity contribution in [2.24, 2.45) is 0 Å². The number of hydrogen-bond donors (Lipinski definition) is 1. The Kier molecular flexibility index (Phi) is 3.64. The second kappa shape index (κ2) is 5.19. The molecule has 0 spiro atoms. The molecule has 1 aromatic heterocycles. The lowest BCUT2D eigenvalue weighted by Gasteiger charge is -2.06. The largest absolute Gasteiger partial charge is 0.497 e. The van der Waals surface area contributed by atoms with Gasteiger partial charge in [-0.1, -0.05) is 0 Å². The number of aryl methyl sites for hydroxylation is 1. The molecule has 1 aromatic carbocycles. The van der Waals surface area contributed by atoms with E-state index in [9.17, 15) is 0 Å². The van der Waals surface area contributed by atoms with Crippen molar-refractivity contribution in [2.45, 2.75) is 17.6 Å². The third-order valence-electron chi connectivity index (χ3n) is 2.39. The SMILES string of the molecule is COc1ccc(N)c(SCc2ccc(C)o2)c1. The van der Waals surface area contributed by atoms with E-state index in [2.05, 4.69) is 0 Å². The Labute approximate surface area is 105 Å². The zero-order valence-corrected chi connectivity index (χ0v) is 10.7.